The number of hydrogen-bond donors (Lipinski definition) is 2. The summed E-state index contributed by atoms with van der Waals surface area (Å²) in [6, 6.07) is 21.5. The maximum absolute atomic E-state index is 13.4. The topological polar surface area (TPSA) is 69.8 Å². The summed E-state index contributed by atoms with van der Waals surface area (Å²) in [6.07, 6.45) is 4.28. The predicted octanol–water partition coefficient (Wildman–Crippen LogP) is 6.55. The van der Waals surface area contributed by atoms with Crippen molar-refractivity contribution in [1.29, 1.82) is 5.41 Å². The van der Waals surface area contributed by atoms with Gasteiger partial charge in [0.2, 0.25) is 0 Å². The second-order valence-electron chi connectivity index (χ2n) is 10.3. The molecule has 6 nitrogen and oxygen atoms in total. The van der Waals surface area contributed by atoms with Gasteiger partial charge in [0, 0.05) is 47.6 Å². The molecule has 38 heavy (non-hydrogen) atoms. The third-order valence-electron chi connectivity index (χ3n) is 7.85. The van der Waals surface area contributed by atoms with Crippen LogP contribution in [0.15, 0.2) is 78.0 Å². The van der Waals surface area contributed by atoms with Gasteiger partial charge in [0.1, 0.15) is 5.82 Å². The zero-order valence-corrected chi connectivity index (χ0v) is 22.4. The van der Waals surface area contributed by atoms with E-state index in [9.17, 15) is 4.39 Å². The van der Waals surface area contributed by atoms with Crippen molar-refractivity contribution in [3.05, 3.63) is 101 Å². The molecule has 0 spiro atoms. The van der Waals surface area contributed by atoms with Gasteiger partial charge in [0.15, 0.2) is 5.03 Å². The van der Waals surface area contributed by atoms with Gasteiger partial charge in [0.25, 0.3) is 0 Å². The van der Waals surface area contributed by atoms with E-state index in [4.69, 9.17) is 5.41 Å². The number of hydrogen-bond acceptors (Lipinski definition) is 6. The molecule has 0 radical (unpaired) electrons. The molecule has 6 rings (SSSR count). The molecule has 2 aliphatic rings. The van der Waals surface area contributed by atoms with E-state index in [-0.39, 0.29) is 11.2 Å². The lowest BCUT2D eigenvalue weighted by Crippen LogP contribution is -2.24. The lowest BCUT2D eigenvalue weighted by atomic mass is 9.86. The normalized spacial score (nSPS) is 22.3. The van der Waals surface area contributed by atoms with Crippen LogP contribution in [0.3, 0.4) is 0 Å². The van der Waals surface area contributed by atoms with Crippen LogP contribution in [0.25, 0.3) is 0 Å². The van der Waals surface area contributed by atoms with Crippen LogP contribution in [0.4, 0.5) is 15.8 Å². The number of rotatable bonds is 9. The number of aryl methyl sites for hydroxylation is 2. The standard InChI is InChI=1S/C30H31FN6S/c1-3-13-37-33-17-28(35-37)38-36-18-26-29(21-7-5-4-6-8-21)30(26,19-36)25-15-22(16-32)27(14-20(25)2)34-24-11-9-23(31)10-12-24/h4-12,14-17,26,29,32,34H,3,13,18-19H2,1-2H3. The third kappa shape index (κ3) is 4.41. The molecule has 1 aliphatic carbocycles. The Bertz CT molecular complexity index is 1450. The maximum Gasteiger partial charge on any atom is 0.153 e. The number of aromatic nitrogens is 3. The van der Waals surface area contributed by atoms with Gasteiger partial charge >= 0.3 is 0 Å². The van der Waals surface area contributed by atoms with Gasteiger partial charge in [-0.05, 0) is 84.3 Å². The highest BCUT2D eigenvalue weighted by Gasteiger charge is 2.70. The molecule has 0 amide bonds. The zero-order valence-electron chi connectivity index (χ0n) is 21.6. The van der Waals surface area contributed by atoms with Crippen molar-refractivity contribution in [1.82, 2.24) is 19.3 Å². The molecule has 3 atom stereocenters. The molecular weight excluding hydrogens is 495 g/mol. The molecule has 1 saturated carbocycles. The molecule has 2 fully saturated rings. The van der Waals surface area contributed by atoms with Crippen molar-refractivity contribution in [3.63, 3.8) is 0 Å². The van der Waals surface area contributed by atoms with E-state index in [1.807, 2.05) is 6.20 Å². The summed E-state index contributed by atoms with van der Waals surface area (Å²) < 4.78 is 15.8. The largest absolute Gasteiger partial charge is 0.355 e. The van der Waals surface area contributed by atoms with Gasteiger partial charge in [0.05, 0.1) is 12.7 Å². The minimum atomic E-state index is -0.267. The van der Waals surface area contributed by atoms with Crippen molar-refractivity contribution >= 4 is 29.5 Å². The summed E-state index contributed by atoms with van der Waals surface area (Å²) in [5.41, 5.74) is 6.34. The number of anilines is 2. The summed E-state index contributed by atoms with van der Waals surface area (Å²) in [6.45, 7) is 7.00. The van der Waals surface area contributed by atoms with Gasteiger partial charge < -0.3 is 10.7 Å². The zero-order chi connectivity index (χ0) is 26.3. The van der Waals surface area contributed by atoms with Crippen LogP contribution in [0.1, 0.15) is 41.5 Å². The third-order valence-corrected chi connectivity index (χ3v) is 8.76. The minimum Gasteiger partial charge on any atom is -0.355 e. The van der Waals surface area contributed by atoms with E-state index in [0.717, 1.165) is 48.0 Å². The SMILES string of the molecule is CCCn1ncc(SN2CC3C(c4ccccc4)C3(c3cc(C=N)c(Nc4ccc(F)cc4)cc3C)C2)n1. The Kier molecular flexibility index (Phi) is 6.53. The van der Waals surface area contributed by atoms with Gasteiger partial charge in [-0.1, -0.05) is 37.3 Å². The number of benzene rings is 3. The number of fused-ring (bicyclic) bond motifs is 1. The number of piperidine rings is 1. The van der Waals surface area contributed by atoms with Gasteiger partial charge in [-0.3, -0.25) is 0 Å². The molecule has 4 aromatic rings. The monoisotopic (exact) mass is 526 g/mol. The van der Waals surface area contributed by atoms with Crippen LogP contribution in [0.2, 0.25) is 0 Å². The summed E-state index contributed by atoms with van der Waals surface area (Å²) in [5, 5.41) is 21.5. The molecule has 1 aliphatic heterocycles. The van der Waals surface area contributed by atoms with Crippen LogP contribution in [0, 0.1) is 24.1 Å². The molecule has 1 saturated heterocycles. The van der Waals surface area contributed by atoms with Crippen molar-refractivity contribution in [2.24, 2.45) is 5.92 Å². The van der Waals surface area contributed by atoms with E-state index < -0.39 is 0 Å². The van der Waals surface area contributed by atoms with Gasteiger partial charge in [-0.25, -0.2) is 8.70 Å². The average molecular weight is 527 g/mol. The van der Waals surface area contributed by atoms with Crippen LogP contribution in [-0.2, 0) is 12.0 Å². The predicted molar refractivity (Wildman–Crippen MR) is 151 cm³/mol. The van der Waals surface area contributed by atoms with Crippen molar-refractivity contribution in [2.45, 2.75) is 43.2 Å². The molecule has 0 bridgehead atoms. The lowest BCUT2D eigenvalue weighted by Gasteiger charge is -2.25. The Morgan fingerprint density at radius 1 is 1.16 bits per heavy atom. The molecule has 3 unspecified atom stereocenters. The fraction of sp³-hybridized carbons (Fsp3) is 0.300. The minimum absolute atomic E-state index is 0.0238. The summed E-state index contributed by atoms with van der Waals surface area (Å²) in [5.74, 6) is 0.651. The summed E-state index contributed by atoms with van der Waals surface area (Å²) >= 11 is 1.70. The second kappa shape index (κ2) is 10.0. The Balaban J connectivity index is 1.33. The highest BCUT2D eigenvalue weighted by atomic mass is 32.2. The van der Waals surface area contributed by atoms with Crippen molar-refractivity contribution in [3.8, 4) is 0 Å². The van der Waals surface area contributed by atoms with E-state index in [1.165, 1.54) is 35.0 Å². The summed E-state index contributed by atoms with van der Waals surface area (Å²) in [7, 11) is 0. The van der Waals surface area contributed by atoms with E-state index in [2.05, 4.69) is 76.1 Å². The Hall–Kier alpha value is -3.49. The number of nitrogens with one attached hydrogen (secondary N) is 2. The van der Waals surface area contributed by atoms with E-state index in [1.54, 1.807) is 28.9 Å². The Morgan fingerprint density at radius 2 is 1.95 bits per heavy atom. The molecule has 2 heterocycles. The maximum atomic E-state index is 13.4. The lowest BCUT2D eigenvalue weighted by molar-refractivity contribution is 0.475. The van der Waals surface area contributed by atoms with Gasteiger partial charge in [-0.2, -0.15) is 9.90 Å². The fourth-order valence-corrected chi connectivity index (χ4v) is 7.20. The highest BCUT2D eigenvalue weighted by Crippen LogP contribution is 2.70. The van der Waals surface area contributed by atoms with E-state index >= 15 is 0 Å². The first-order valence-electron chi connectivity index (χ1n) is 13.1. The second-order valence-corrected chi connectivity index (χ2v) is 11.4. The molecule has 8 heteroatoms. The fourth-order valence-electron chi connectivity index (χ4n) is 6.20. The van der Waals surface area contributed by atoms with E-state index in [0.29, 0.717) is 11.8 Å². The number of nitrogens with zero attached hydrogens (tertiary/aromatic N) is 4. The number of halogens is 1. The first-order chi connectivity index (χ1) is 18.5. The first-order valence-corrected chi connectivity index (χ1v) is 13.9. The van der Waals surface area contributed by atoms with Gasteiger partial charge in [-0.15, -0.1) is 5.10 Å². The molecule has 3 aromatic carbocycles. The summed E-state index contributed by atoms with van der Waals surface area (Å²) in [4.78, 5) is 1.77. The van der Waals surface area contributed by atoms with Crippen LogP contribution in [0.5, 0.6) is 0 Å². The molecule has 194 valence electrons. The highest BCUT2D eigenvalue weighted by molar-refractivity contribution is 7.97. The van der Waals surface area contributed by atoms with Crippen molar-refractivity contribution in [2.75, 3.05) is 18.4 Å². The molecule has 1 aromatic heterocycles. The molecule has 2 N–H and O–H groups in total. The molecular formula is C30H31FN6S. The Labute approximate surface area is 226 Å². The first kappa shape index (κ1) is 24.8. The van der Waals surface area contributed by atoms with Crippen molar-refractivity contribution < 1.29 is 4.39 Å². The van der Waals surface area contributed by atoms with Crippen LogP contribution in [-0.4, -0.2) is 38.6 Å². The van der Waals surface area contributed by atoms with Crippen LogP contribution >= 0.6 is 11.9 Å². The Morgan fingerprint density at radius 3 is 2.68 bits per heavy atom. The smallest absolute Gasteiger partial charge is 0.153 e. The average Bonchev–Trinajstić information content (AvgIpc) is 3.17. The van der Waals surface area contributed by atoms with Crippen LogP contribution < -0.4 is 5.32 Å². The quantitative estimate of drug-likeness (QED) is 0.191.